The molecule has 2 aromatic carbocycles. The molecular weight excluding hydrogens is 458 g/mol. The van der Waals surface area contributed by atoms with E-state index in [0.29, 0.717) is 0 Å². The summed E-state index contributed by atoms with van der Waals surface area (Å²) in [5, 5.41) is 14.5. The van der Waals surface area contributed by atoms with Crippen molar-refractivity contribution < 1.29 is 29.0 Å². The molecule has 4 rings (SSSR count). The van der Waals surface area contributed by atoms with Gasteiger partial charge in [0.05, 0.1) is 12.8 Å². The van der Waals surface area contributed by atoms with Gasteiger partial charge in [0.2, 0.25) is 0 Å². The molecule has 0 saturated heterocycles. The zero-order valence-electron chi connectivity index (χ0n) is 18.5. The van der Waals surface area contributed by atoms with Gasteiger partial charge in [-0.25, -0.2) is 14.6 Å². The lowest BCUT2D eigenvalue weighted by atomic mass is 9.98. The van der Waals surface area contributed by atoms with Crippen LogP contribution >= 0.6 is 11.3 Å². The van der Waals surface area contributed by atoms with E-state index in [1.54, 1.807) is 0 Å². The van der Waals surface area contributed by atoms with E-state index in [1.807, 2.05) is 36.4 Å². The zero-order valence-corrected chi connectivity index (χ0v) is 19.3. The minimum atomic E-state index is -1.60. The summed E-state index contributed by atoms with van der Waals surface area (Å²) < 4.78 is 10.4. The summed E-state index contributed by atoms with van der Waals surface area (Å²) in [4.78, 5) is 40.5. The Morgan fingerprint density at radius 2 is 1.71 bits per heavy atom. The molecule has 3 aromatic rings. The molecule has 3 N–H and O–H groups in total. The number of methoxy groups -OCH3 is 1. The first-order valence-corrected chi connectivity index (χ1v) is 11.3. The van der Waals surface area contributed by atoms with Gasteiger partial charge in [0.15, 0.2) is 10.7 Å². The fourth-order valence-corrected chi connectivity index (χ4v) is 4.61. The van der Waals surface area contributed by atoms with Gasteiger partial charge < -0.3 is 19.9 Å². The molecule has 1 aliphatic carbocycles. The number of rotatable bonds is 8. The molecule has 1 aromatic heterocycles. The summed E-state index contributed by atoms with van der Waals surface area (Å²) in [5.41, 5.74) is 2.86. The quantitative estimate of drug-likeness (QED) is 0.447. The lowest BCUT2D eigenvalue weighted by Crippen LogP contribution is -2.55. The molecule has 0 fully saturated rings. The van der Waals surface area contributed by atoms with Gasteiger partial charge in [-0.05, 0) is 29.2 Å². The first-order valence-electron chi connectivity index (χ1n) is 10.4. The SMILES string of the molecule is COCC(C)(NC(=O)c1cnc(NC(=O)OCC2c3ccccc3-c3ccccc32)s1)C(=O)O. The topological polar surface area (TPSA) is 127 Å². The van der Waals surface area contributed by atoms with Crippen LogP contribution in [0.2, 0.25) is 0 Å². The van der Waals surface area contributed by atoms with E-state index in [9.17, 15) is 19.5 Å². The van der Waals surface area contributed by atoms with Crippen molar-refractivity contribution in [3.05, 3.63) is 70.7 Å². The normalized spacial score (nSPS) is 13.9. The number of ether oxygens (including phenoxy) is 2. The van der Waals surface area contributed by atoms with Gasteiger partial charge in [-0.15, -0.1) is 0 Å². The van der Waals surface area contributed by atoms with Crippen LogP contribution in [0.15, 0.2) is 54.7 Å². The van der Waals surface area contributed by atoms with Crippen molar-refractivity contribution in [1.82, 2.24) is 10.3 Å². The minimum absolute atomic E-state index is 0.0785. The fraction of sp³-hybridized carbons (Fsp3) is 0.250. The van der Waals surface area contributed by atoms with Crippen molar-refractivity contribution in [2.75, 3.05) is 25.6 Å². The van der Waals surface area contributed by atoms with Crippen molar-refractivity contribution in [2.24, 2.45) is 0 Å². The molecule has 0 radical (unpaired) electrons. The lowest BCUT2D eigenvalue weighted by molar-refractivity contribution is -0.145. The van der Waals surface area contributed by atoms with Crippen LogP contribution in [0.5, 0.6) is 0 Å². The third-order valence-electron chi connectivity index (χ3n) is 5.58. The number of nitrogens with zero attached hydrogens (tertiary/aromatic N) is 1. The highest BCUT2D eigenvalue weighted by atomic mass is 32.1. The highest BCUT2D eigenvalue weighted by Gasteiger charge is 2.36. The van der Waals surface area contributed by atoms with E-state index in [2.05, 4.69) is 27.8 Å². The average Bonchev–Trinajstić information content (AvgIpc) is 3.40. The van der Waals surface area contributed by atoms with E-state index in [4.69, 9.17) is 9.47 Å². The number of hydrogen-bond acceptors (Lipinski definition) is 7. The van der Waals surface area contributed by atoms with Gasteiger partial charge in [-0.1, -0.05) is 59.9 Å². The van der Waals surface area contributed by atoms with E-state index >= 15 is 0 Å². The second-order valence-corrected chi connectivity index (χ2v) is 9.04. The van der Waals surface area contributed by atoms with Crippen LogP contribution in [0.1, 0.15) is 33.6 Å². The molecule has 0 saturated carbocycles. The number of hydrogen-bond donors (Lipinski definition) is 3. The van der Waals surface area contributed by atoms with E-state index < -0.39 is 23.5 Å². The van der Waals surface area contributed by atoms with Crippen LogP contribution in [0, 0.1) is 0 Å². The number of anilines is 1. The Kier molecular flexibility index (Phi) is 6.62. The molecule has 0 bridgehead atoms. The molecule has 0 spiro atoms. The van der Waals surface area contributed by atoms with Crippen molar-refractivity contribution in [3.63, 3.8) is 0 Å². The van der Waals surface area contributed by atoms with Crippen LogP contribution in [0.25, 0.3) is 11.1 Å². The molecule has 1 heterocycles. The molecule has 1 atom stereocenters. The number of benzene rings is 2. The largest absolute Gasteiger partial charge is 0.479 e. The Balaban J connectivity index is 1.38. The molecule has 176 valence electrons. The number of carbonyl (C=O) groups excluding carboxylic acids is 2. The number of fused-ring (bicyclic) bond motifs is 3. The lowest BCUT2D eigenvalue weighted by Gasteiger charge is -2.24. The van der Waals surface area contributed by atoms with Crippen molar-refractivity contribution in [2.45, 2.75) is 18.4 Å². The highest BCUT2D eigenvalue weighted by Crippen LogP contribution is 2.44. The van der Waals surface area contributed by atoms with E-state index in [-0.39, 0.29) is 29.1 Å². The van der Waals surface area contributed by atoms with Crippen molar-refractivity contribution >= 4 is 34.4 Å². The second-order valence-electron chi connectivity index (χ2n) is 8.00. The zero-order chi connectivity index (χ0) is 24.3. The smallest absolute Gasteiger partial charge is 0.413 e. The second kappa shape index (κ2) is 9.62. The molecule has 1 aliphatic rings. The van der Waals surface area contributed by atoms with Gasteiger partial charge in [0.1, 0.15) is 11.5 Å². The molecule has 10 heteroatoms. The number of carboxylic acids is 1. The Morgan fingerprint density at radius 1 is 1.09 bits per heavy atom. The summed E-state index contributed by atoms with van der Waals surface area (Å²) in [5.74, 6) is -1.95. The van der Waals surface area contributed by atoms with Crippen LogP contribution in [0.4, 0.5) is 9.93 Å². The van der Waals surface area contributed by atoms with Crippen molar-refractivity contribution in [1.29, 1.82) is 0 Å². The third kappa shape index (κ3) is 4.63. The average molecular weight is 482 g/mol. The fourth-order valence-electron chi connectivity index (χ4n) is 3.91. The first-order chi connectivity index (χ1) is 16.3. The van der Waals surface area contributed by atoms with Gasteiger partial charge >= 0.3 is 12.1 Å². The predicted octanol–water partition coefficient (Wildman–Crippen LogP) is 3.72. The molecule has 2 amide bonds. The molecule has 0 aliphatic heterocycles. The molecule has 1 unspecified atom stereocenters. The number of amides is 2. The standard InChI is InChI=1S/C24H23N3O6S/c1-24(13-32-2,21(29)30)27-20(28)19-11-25-22(34-19)26-23(31)33-12-18-16-9-5-3-7-14(16)15-8-4-6-10-17(15)18/h3-11,18H,12-13H2,1-2H3,(H,27,28)(H,29,30)(H,25,26,31). The summed E-state index contributed by atoms with van der Waals surface area (Å²) in [6.45, 7) is 1.28. The Labute approximate surface area is 199 Å². The maximum atomic E-state index is 12.5. The molecular formula is C24H23N3O6S. The Bertz CT molecular complexity index is 1200. The van der Waals surface area contributed by atoms with Crippen molar-refractivity contribution in [3.8, 4) is 11.1 Å². The number of thiazole rings is 1. The van der Waals surface area contributed by atoms with Crippen LogP contribution in [0.3, 0.4) is 0 Å². The first kappa shape index (κ1) is 23.4. The number of carboxylic acid groups (broad SMARTS) is 1. The van der Waals surface area contributed by atoms with Crippen LogP contribution < -0.4 is 10.6 Å². The van der Waals surface area contributed by atoms with Gasteiger partial charge in [-0.3, -0.25) is 10.1 Å². The van der Waals surface area contributed by atoms with Gasteiger partial charge in [-0.2, -0.15) is 0 Å². The minimum Gasteiger partial charge on any atom is -0.479 e. The monoisotopic (exact) mass is 481 g/mol. The summed E-state index contributed by atoms with van der Waals surface area (Å²) >= 11 is 0.906. The summed E-state index contributed by atoms with van der Waals surface area (Å²) in [6, 6.07) is 16.1. The van der Waals surface area contributed by atoms with Gasteiger partial charge in [0, 0.05) is 13.0 Å². The van der Waals surface area contributed by atoms with E-state index in [1.165, 1.54) is 20.2 Å². The highest BCUT2D eigenvalue weighted by molar-refractivity contribution is 7.17. The summed E-state index contributed by atoms with van der Waals surface area (Å²) in [6.07, 6.45) is 0.562. The maximum Gasteiger partial charge on any atom is 0.413 e. The Hall–Kier alpha value is -3.76. The number of carbonyl (C=O) groups is 3. The third-order valence-corrected chi connectivity index (χ3v) is 6.49. The summed E-state index contributed by atoms with van der Waals surface area (Å²) in [7, 11) is 1.34. The van der Waals surface area contributed by atoms with E-state index in [0.717, 1.165) is 33.6 Å². The molecule has 9 nitrogen and oxygen atoms in total. The Morgan fingerprint density at radius 3 is 2.29 bits per heavy atom. The maximum absolute atomic E-state index is 12.5. The molecule has 34 heavy (non-hydrogen) atoms. The van der Waals surface area contributed by atoms with Crippen LogP contribution in [-0.4, -0.2) is 53.9 Å². The van der Waals surface area contributed by atoms with Gasteiger partial charge in [0.25, 0.3) is 5.91 Å². The number of nitrogens with one attached hydrogen (secondary N) is 2. The number of aliphatic carboxylic acids is 1. The van der Waals surface area contributed by atoms with Crippen LogP contribution in [-0.2, 0) is 14.3 Å². The predicted molar refractivity (Wildman–Crippen MR) is 126 cm³/mol. The number of aromatic nitrogens is 1.